The van der Waals surface area contributed by atoms with Crippen LogP contribution in [0.4, 0.5) is 10.1 Å². The Kier molecular flexibility index (Phi) is 4.10. The predicted molar refractivity (Wildman–Crippen MR) is 98.2 cm³/mol. The van der Waals surface area contributed by atoms with Crippen LogP contribution in [-0.4, -0.2) is 20.4 Å². The van der Waals surface area contributed by atoms with Gasteiger partial charge in [-0.25, -0.2) is 14.4 Å². The van der Waals surface area contributed by atoms with Crippen LogP contribution in [0.25, 0.3) is 16.9 Å². The van der Waals surface area contributed by atoms with Gasteiger partial charge in [0.05, 0.1) is 33.5 Å². The number of fused-ring (bicyclic) bond motifs is 1. The van der Waals surface area contributed by atoms with Gasteiger partial charge in [0.1, 0.15) is 18.0 Å². The van der Waals surface area contributed by atoms with Gasteiger partial charge in [0, 0.05) is 0 Å². The average Bonchev–Trinajstić information content (AvgIpc) is 3.06. The van der Waals surface area contributed by atoms with Crippen LogP contribution < -0.4 is 5.32 Å². The van der Waals surface area contributed by atoms with Gasteiger partial charge in [0.25, 0.3) is 5.91 Å². The number of halogens is 2. The Labute approximate surface area is 153 Å². The number of aromatic nitrogens is 3. The first-order chi connectivity index (χ1) is 12.6. The first-order valence-corrected chi connectivity index (χ1v) is 8.14. The number of hydrogen-bond donors (Lipinski definition) is 1. The third-order valence-electron chi connectivity index (χ3n) is 3.88. The largest absolute Gasteiger partial charge is 0.321 e. The third-order valence-corrected chi connectivity index (χ3v) is 4.19. The van der Waals surface area contributed by atoms with Crippen molar-refractivity contribution in [3.8, 4) is 5.82 Å². The van der Waals surface area contributed by atoms with Crippen LogP contribution in [0, 0.1) is 5.82 Å². The molecule has 0 aliphatic heterocycles. The fourth-order valence-corrected chi connectivity index (χ4v) is 2.87. The molecule has 0 saturated carbocycles. The summed E-state index contributed by atoms with van der Waals surface area (Å²) in [5.41, 5.74) is 2.51. The van der Waals surface area contributed by atoms with Crippen molar-refractivity contribution >= 4 is 34.2 Å². The Balaban J connectivity index is 1.57. The van der Waals surface area contributed by atoms with Crippen LogP contribution in [0.3, 0.4) is 0 Å². The number of rotatable bonds is 3. The van der Waals surface area contributed by atoms with Gasteiger partial charge in [0.2, 0.25) is 0 Å². The van der Waals surface area contributed by atoms with Gasteiger partial charge in [-0.15, -0.1) is 0 Å². The second-order valence-electron chi connectivity index (χ2n) is 5.59. The Morgan fingerprint density at radius 2 is 1.92 bits per heavy atom. The van der Waals surface area contributed by atoms with Crippen LogP contribution in [0.5, 0.6) is 0 Å². The molecule has 2 aromatic heterocycles. The normalized spacial score (nSPS) is 10.8. The van der Waals surface area contributed by atoms with Crippen molar-refractivity contribution in [2.75, 3.05) is 5.32 Å². The fraction of sp³-hybridized carbons (Fsp3) is 0. The van der Waals surface area contributed by atoms with E-state index in [0.29, 0.717) is 11.5 Å². The summed E-state index contributed by atoms with van der Waals surface area (Å²) in [5, 5.41) is 2.75. The number of amides is 1. The number of nitrogens with zero attached hydrogens (tertiary/aromatic N) is 3. The quantitative estimate of drug-likeness (QED) is 0.582. The number of imidazole rings is 1. The lowest BCUT2D eigenvalue weighted by Gasteiger charge is -2.08. The molecule has 4 aromatic rings. The Morgan fingerprint density at radius 3 is 2.69 bits per heavy atom. The van der Waals surface area contributed by atoms with E-state index in [1.165, 1.54) is 12.1 Å². The highest BCUT2D eigenvalue weighted by Crippen LogP contribution is 2.20. The molecule has 7 heteroatoms. The van der Waals surface area contributed by atoms with Crippen LogP contribution >= 0.6 is 11.6 Å². The van der Waals surface area contributed by atoms with E-state index >= 15 is 0 Å². The molecule has 2 heterocycles. The molecule has 0 atom stereocenters. The Hall–Kier alpha value is -3.25. The molecule has 26 heavy (non-hydrogen) atoms. The number of pyridine rings is 1. The molecule has 1 N–H and O–H groups in total. The van der Waals surface area contributed by atoms with E-state index in [2.05, 4.69) is 15.3 Å². The molecule has 1 amide bonds. The van der Waals surface area contributed by atoms with Crippen LogP contribution in [0.1, 0.15) is 10.4 Å². The van der Waals surface area contributed by atoms with E-state index in [1.807, 2.05) is 28.8 Å². The predicted octanol–water partition coefficient (Wildman–Crippen LogP) is 4.47. The van der Waals surface area contributed by atoms with Crippen molar-refractivity contribution in [1.82, 2.24) is 14.5 Å². The van der Waals surface area contributed by atoms with Crippen LogP contribution in [-0.2, 0) is 0 Å². The summed E-state index contributed by atoms with van der Waals surface area (Å²) in [7, 11) is 0. The number of carbonyl (C=O) groups excluding carboxylic acids is 1. The first-order valence-electron chi connectivity index (χ1n) is 7.77. The maximum absolute atomic E-state index is 13.1. The summed E-state index contributed by atoms with van der Waals surface area (Å²) in [6, 6.07) is 14.9. The van der Waals surface area contributed by atoms with Crippen molar-refractivity contribution in [2.45, 2.75) is 0 Å². The van der Waals surface area contributed by atoms with E-state index in [4.69, 9.17) is 11.6 Å². The number of nitrogens with one attached hydrogen (secondary N) is 1. The third kappa shape index (κ3) is 3.02. The van der Waals surface area contributed by atoms with Crippen molar-refractivity contribution in [3.05, 3.63) is 83.5 Å². The lowest BCUT2D eigenvalue weighted by Crippen LogP contribution is -2.13. The number of carbonyl (C=O) groups is 1. The molecule has 2 aromatic carbocycles. The van der Waals surface area contributed by atoms with Crippen molar-refractivity contribution in [1.29, 1.82) is 0 Å². The lowest BCUT2D eigenvalue weighted by molar-refractivity contribution is 0.102. The molecule has 0 spiro atoms. The van der Waals surface area contributed by atoms with Crippen LogP contribution in [0.15, 0.2) is 67.1 Å². The number of para-hydroxylation sites is 2. The molecular weight excluding hydrogens is 355 g/mol. The maximum atomic E-state index is 13.1. The van der Waals surface area contributed by atoms with E-state index in [-0.39, 0.29) is 10.6 Å². The highest BCUT2D eigenvalue weighted by atomic mass is 35.5. The minimum Gasteiger partial charge on any atom is -0.321 e. The highest BCUT2D eigenvalue weighted by Gasteiger charge is 2.12. The van der Waals surface area contributed by atoms with Crippen molar-refractivity contribution in [3.63, 3.8) is 0 Å². The average molecular weight is 367 g/mol. The van der Waals surface area contributed by atoms with E-state index < -0.39 is 11.7 Å². The zero-order valence-corrected chi connectivity index (χ0v) is 14.1. The number of benzene rings is 2. The van der Waals surface area contributed by atoms with Gasteiger partial charge in [0.15, 0.2) is 0 Å². The van der Waals surface area contributed by atoms with E-state index in [9.17, 15) is 9.18 Å². The minimum atomic E-state index is -0.495. The molecular formula is C19H12ClFN4O. The fourth-order valence-electron chi connectivity index (χ4n) is 2.62. The summed E-state index contributed by atoms with van der Waals surface area (Å²) in [5.74, 6) is -0.251. The summed E-state index contributed by atoms with van der Waals surface area (Å²) < 4.78 is 15.0. The molecule has 0 aliphatic carbocycles. The SMILES string of the molecule is O=C(Nc1ccc(-n2cnc3ccccc32)nc1)c1ccc(F)cc1Cl. The minimum absolute atomic E-state index is 0.0527. The zero-order valence-electron chi connectivity index (χ0n) is 13.4. The smallest absolute Gasteiger partial charge is 0.257 e. The van der Waals surface area contributed by atoms with Gasteiger partial charge in [-0.2, -0.15) is 0 Å². The number of anilines is 1. The van der Waals surface area contributed by atoms with Gasteiger partial charge in [-0.1, -0.05) is 23.7 Å². The Bertz CT molecular complexity index is 1110. The van der Waals surface area contributed by atoms with Crippen molar-refractivity contribution < 1.29 is 9.18 Å². The summed E-state index contributed by atoms with van der Waals surface area (Å²) in [6.07, 6.45) is 3.24. The van der Waals surface area contributed by atoms with Gasteiger partial charge < -0.3 is 5.32 Å². The first kappa shape index (κ1) is 16.2. The van der Waals surface area contributed by atoms with E-state index in [0.717, 1.165) is 17.1 Å². The Morgan fingerprint density at radius 1 is 1.08 bits per heavy atom. The second kappa shape index (κ2) is 6.57. The molecule has 0 bridgehead atoms. The maximum Gasteiger partial charge on any atom is 0.257 e. The lowest BCUT2D eigenvalue weighted by atomic mass is 10.2. The molecule has 128 valence electrons. The van der Waals surface area contributed by atoms with Crippen LogP contribution in [0.2, 0.25) is 5.02 Å². The molecule has 0 radical (unpaired) electrons. The highest BCUT2D eigenvalue weighted by molar-refractivity contribution is 6.34. The van der Waals surface area contributed by atoms with Crippen molar-refractivity contribution in [2.24, 2.45) is 0 Å². The topological polar surface area (TPSA) is 59.8 Å². The summed E-state index contributed by atoms with van der Waals surface area (Å²) >= 11 is 5.91. The zero-order chi connectivity index (χ0) is 18.1. The molecule has 4 rings (SSSR count). The molecule has 5 nitrogen and oxygen atoms in total. The number of hydrogen-bond acceptors (Lipinski definition) is 3. The molecule has 0 aliphatic rings. The summed E-state index contributed by atoms with van der Waals surface area (Å²) in [4.78, 5) is 21.0. The second-order valence-corrected chi connectivity index (χ2v) is 5.99. The molecule has 0 unspecified atom stereocenters. The van der Waals surface area contributed by atoms with Gasteiger partial charge >= 0.3 is 0 Å². The standard InChI is InChI=1S/C19H12ClFN4O/c20-15-9-12(21)5-7-14(15)19(26)24-13-6-8-18(22-10-13)25-11-23-16-3-1-2-4-17(16)25/h1-11H,(H,24,26). The molecule has 0 fully saturated rings. The van der Waals surface area contributed by atoms with E-state index in [1.54, 1.807) is 24.7 Å². The monoisotopic (exact) mass is 366 g/mol. The molecule has 0 saturated heterocycles. The van der Waals surface area contributed by atoms with Gasteiger partial charge in [-0.05, 0) is 42.5 Å². The van der Waals surface area contributed by atoms with Gasteiger partial charge in [-0.3, -0.25) is 9.36 Å². The summed E-state index contributed by atoms with van der Waals surface area (Å²) in [6.45, 7) is 0.